The first-order chi connectivity index (χ1) is 12.9. The zero-order valence-electron chi connectivity index (χ0n) is 13.6. The van der Waals surface area contributed by atoms with Gasteiger partial charge in [0, 0.05) is 26.3 Å². The van der Waals surface area contributed by atoms with Gasteiger partial charge in [0.1, 0.15) is 5.56 Å². The summed E-state index contributed by atoms with van der Waals surface area (Å²) >= 11 is 6.74. The molecule has 2 heterocycles. The van der Waals surface area contributed by atoms with Gasteiger partial charge in [-0.15, -0.1) is 0 Å². The van der Waals surface area contributed by atoms with Gasteiger partial charge in [0.25, 0.3) is 5.56 Å². The summed E-state index contributed by atoms with van der Waals surface area (Å²) in [5, 5.41) is 10.7. The first-order valence-corrected chi connectivity index (χ1v) is 9.42. The number of hydrogen-bond acceptors (Lipinski definition) is 4. The minimum atomic E-state index is -0.717. The maximum absolute atomic E-state index is 12.3. The Balaban J connectivity index is 1.91. The number of aromatic amines is 1. The highest BCUT2D eigenvalue weighted by molar-refractivity contribution is 9.10. The Hall–Kier alpha value is -2.71. The van der Waals surface area contributed by atoms with Crippen LogP contribution in [-0.2, 0) is 0 Å². The maximum atomic E-state index is 12.3. The number of aromatic nitrogens is 2. The number of halogens is 2. The van der Waals surface area contributed by atoms with Crippen LogP contribution in [0.1, 0.15) is 11.1 Å². The molecule has 0 atom stereocenters. The van der Waals surface area contributed by atoms with Gasteiger partial charge in [-0.2, -0.15) is 0 Å². The number of aromatic hydroxyl groups is 1. The quantitative estimate of drug-likeness (QED) is 0.571. The molecule has 0 aliphatic carbocycles. The first kappa shape index (κ1) is 17.7. The molecule has 0 fully saturated rings. The van der Waals surface area contributed by atoms with E-state index in [0.717, 1.165) is 24.8 Å². The van der Waals surface area contributed by atoms with Crippen LogP contribution in [0.2, 0.25) is 0 Å². The first-order valence-electron chi connectivity index (χ1n) is 7.84. The maximum Gasteiger partial charge on any atom is 0.335 e. The summed E-state index contributed by atoms with van der Waals surface area (Å²) < 4.78 is 2.75. The highest BCUT2D eigenvalue weighted by Gasteiger charge is 2.18. The highest BCUT2D eigenvalue weighted by atomic mass is 79.9. The summed E-state index contributed by atoms with van der Waals surface area (Å²) in [6, 6.07) is 12.4. The van der Waals surface area contributed by atoms with Crippen LogP contribution >= 0.6 is 31.9 Å². The summed E-state index contributed by atoms with van der Waals surface area (Å²) in [5.74, 6) is -0.435. The number of nitrogens with zero attached hydrogens (tertiary/aromatic N) is 2. The molecule has 0 amide bonds. The fourth-order valence-electron chi connectivity index (χ4n) is 2.83. The molecule has 27 heavy (non-hydrogen) atoms. The molecule has 1 aliphatic heterocycles. The third-order valence-electron chi connectivity index (χ3n) is 4.12. The van der Waals surface area contributed by atoms with Gasteiger partial charge < -0.3 is 5.11 Å². The molecule has 4 rings (SSSR count). The monoisotopic (exact) mass is 487 g/mol. The molecule has 0 unspecified atom stereocenters. The van der Waals surface area contributed by atoms with Crippen molar-refractivity contribution in [3.05, 3.63) is 83.4 Å². The normalized spacial score (nSPS) is 13.9. The lowest BCUT2D eigenvalue weighted by atomic mass is 10.1. The van der Waals surface area contributed by atoms with Gasteiger partial charge in [-0.05, 0) is 48.5 Å². The molecular formula is C19H11Br2N3O3. The van der Waals surface area contributed by atoms with E-state index in [-0.39, 0.29) is 5.56 Å². The van der Waals surface area contributed by atoms with Crippen molar-refractivity contribution >= 4 is 55.4 Å². The molecule has 134 valence electrons. The Kier molecular flexibility index (Phi) is 4.45. The van der Waals surface area contributed by atoms with Crippen molar-refractivity contribution in [1.29, 1.82) is 0 Å². The number of hydrogen-bond donors (Lipinski definition) is 2. The SMILES string of the molecule is O=c1[nH]c(=O)n(-c2ccc(Br)cc2)c(O)c1/C=C1\C=Nc2ccc(Br)cc21. The van der Waals surface area contributed by atoms with E-state index < -0.39 is 17.1 Å². The number of allylic oxidation sites excluding steroid dienone is 1. The molecule has 6 nitrogen and oxygen atoms in total. The van der Waals surface area contributed by atoms with Crippen molar-refractivity contribution in [2.75, 3.05) is 0 Å². The van der Waals surface area contributed by atoms with Crippen LogP contribution in [0.15, 0.2) is 66.0 Å². The third kappa shape index (κ3) is 3.22. The topological polar surface area (TPSA) is 87.5 Å². The predicted octanol–water partition coefficient (Wildman–Crippen LogP) is 4.01. The van der Waals surface area contributed by atoms with Crippen molar-refractivity contribution in [1.82, 2.24) is 9.55 Å². The van der Waals surface area contributed by atoms with Gasteiger partial charge in [-0.3, -0.25) is 14.8 Å². The molecule has 8 heteroatoms. The fraction of sp³-hybridized carbons (Fsp3) is 0. The Morgan fingerprint density at radius 2 is 1.74 bits per heavy atom. The molecule has 3 aromatic rings. The zero-order valence-corrected chi connectivity index (χ0v) is 16.8. The molecule has 2 N–H and O–H groups in total. The van der Waals surface area contributed by atoms with Gasteiger partial charge in [0.05, 0.1) is 11.4 Å². The number of nitrogens with one attached hydrogen (secondary N) is 1. The molecular weight excluding hydrogens is 478 g/mol. The second-order valence-corrected chi connectivity index (χ2v) is 7.66. The van der Waals surface area contributed by atoms with Crippen LogP contribution in [-0.4, -0.2) is 20.9 Å². The second kappa shape index (κ2) is 6.79. The molecule has 0 spiro atoms. The molecule has 0 radical (unpaired) electrons. The Morgan fingerprint density at radius 1 is 1.04 bits per heavy atom. The number of aliphatic imine (C=N–C) groups is 1. The second-order valence-electron chi connectivity index (χ2n) is 5.83. The van der Waals surface area contributed by atoms with Crippen molar-refractivity contribution in [3.8, 4) is 11.6 Å². The smallest absolute Gasteiger partial charge is 0.335 e. The van der Waals surface area contributed by atoms with Gasteiger partial charge in [0.2, 0.25) is 5.88 Å². The van der Waals surface area contributed by atoms with E-state index in [1.54, 1.807) is 30.5 Å². The Labute approximate surface area is 169 Å². The average molecular weight is 489 g/mol. The minimum Gasteiger partial charge on any atom is -0.494 e. The summed E-state index contributed by atoms with van der Waals surface area (Å²) in [6.07, 6.45) is 3.13. The van der Waals surface area contributed by atoms with E-state index in [2.05, 4.69) is 41.8 Å². The van der Waals surface area contributed by atoms with E-state index in [1.807, 2.05) is 18.2 Å². The number of fused-ring (bicyclic) bond motifs is 1. The zero-order chi connectivity index (χ0) is 19.1. The van der Waals surface area contributed by atoms with Crippen molar-refractivity contribution in [2.24, 2.45) is 4.99 Å². The summed E-state index contributed by atoms with van der Waals surface area (Å²) in [7, 11) is 0. The summed E-state index contributed by atoms with van der Waals surface area (Å²) in [6.45, 7) is 0. The van der Waals surface area contributed by atoms with Crippen molar-refractivity contribution in [2.45, 2.75) is 0 Å². The minimum absolute atomic E-state index is 0.0215. The van der Waals surface area contributed by atoms with Crippen LogP contribution < -0.4 is 11.2 Å². The van der Waals surface area contributed by atoms with E-state index in [9.17, 15) is 14.7 Å². The van der Waals surface area contributed by atoms with Crippen LogP contribution in [0.5, 0.6) is 5.88 Å². The largest absolute Gasteiger partial charge is 0.494 e. The van der Waals surface area contributed by atoms with E-state index >= 15 is 0 Å². The average Bonchev–Trinajstić information content (AvgIpc) is 3.02. The standard InChI is InChI=1S/C19H11Br2N3O3/c20-11-1-4-13(5-2-11)24-18(26)15(17(25)23-19(24)27)7-10-9-22-16-6-3-12(21)8-14(10)16/h1-9,26H,(H,23,25,27)/b10-7+. The van der Waals surface area contributed by atoms with Crippen molar-refractivity contribution in [3.63, 3.8) is 0 Å². The van der Waals surface area contributed by atoms with Gasteiger partial charge >= 0.3 is 5.69 Å². The lowest BCUT2D eigenvalue weighted by Crippen LogP contribution is -2.30. The third-order valence-corrected chi connectivity index (χ3v) is 5.14. The van der Waals surface area contributed by atoms with Gasteiger partial charge in [0.15, 0.2) is 0 Å². The predicted molar refractivity (Wildman–Crippen MR) is 112 cm³/mol. The number of H-pyrrole nitrogens is 1. The Bertz CT molecular complexity index is 1240. The molecule has 0 bridgehead atoms. The number of benzene rings is 2. The van der Waals surface area contributed by atoms with E-state index in [0.29, 0.717) is 11.3 Å². The summed E-state index contributed by atoms with van der Waals surface area (Å²) in [5.41, 5.74) is 1.27. The Morgan fingerprint density at radius 3 is 2.48 bits per heavy atom. The van der Waals surface area contributed by atoms with Gasteiger partial charge in [-0.25, -0.2) is 9.36 Å². The van der Waals surface area contributed by atoms with Crippen LogP contribution in [0.25, 0.3) is 17.3 Å². The summed E-state index contributed by atoms with van der Waals surface area (Å²) in [4.78, 5) is 31.1. The fourth-order valence-corrected chi connectivity index (χ4v) is 3.45. The molecule has 0 saturated heterocycles. The molecule has 0 saturated carbocycles. The molecule has 1 aliphatic rings. The lowest BCUT2D eigenvalue weighted by molar-refractivity contribution is 0.429. The van der Waals surface area contributed by atoms with Crippen LogP contribution in [0.4, 0.5) is 5.69 Å². The van der Waals surface area contributed by atoms with Crippen molar-refractivity contribution < 1.29 is 5.11 Å². The number of rotatable bonds is 2. The molecule has 1 aromatic heterocycles. The van der Waals surface area contributed by atoms with E-state index in [1.165, 1.54) is 6.08 Å². The highest BCUT2D eigenvalue weighted by Crippen LogP contribution is 2.35. The molecule has 2 aromatic carbocycles. The van der Waals surface area contributed by atoms with Crippen LogP contribution in [0.3, 0.4) is 0 Å². The lowest BCUT2D eigenvalue weighted by Gasteiger charge is -2.10. The van der Waals surface area contributed by atoms with E-state index in [4.69, 9.17) is 0 Å². The van der Waals surface area contributed by atoms with Crippen LogP contribution in [0, 0.1) is 0 Å². The van der Waals surface area contributed by atoms with Gasteiger partial charge in [-0.1, -0.05) is 31.9 Å².